The zero-order valence-corrected chi connectivity index (χ0v) is 16.8. The van der Waals surface area contributed by atoms with Gasteiger partial charge in [-0.1, -0.05) is 12.1 Å². The molecule has 150 valence electrons. The molecule has 0 unspecified atom stereocenters. The highest BCUT2D eigenvalue weighted by atomic mass is 16.5. The van der Waals surface area contributed by atoms with E-state index >= 15 is 0 Å². The van der Waals surface area contributed by atoms with Gasteiger partial charge in [-0.15, -0.1) is 0 Å². The van der Waals surface area contributed by atoms with Gasteiger partial charge in [-0.2, -0.15) is 0 Å². The first-order valence-corrected chi connectivity index (χ1v) is 9.02. The van der Waals surface area contributed by atoms with Crippen molar-refractivity contribution in [2.24, 2.45) is 0 Å². The number of rotatable bonds is 6. The number of benzene rings is 2. The van der Waals surface area contributed by atoms with Gasteiger partial charge >= 0.3 is 11.6 Å². The quantitative estimate of drug-likeness (QED) is 0.355. The van der Waals surface area contributed by atoms with Crippen molar-refractivity contribution in [3.8, 4) is 11.5 Å². The summed E-state index contributed by atoms with van der Waals surface area (Å²) in [5, 5.41) is 0.749. The van der Waals surface area contributed by atoms with Crippen LogP contribution in [0, 0.1) is 13.8 Å². The van der Waals surface area contributed by atoms with Crippen molar-refractivity contribution in [2.75, 3.05) is 14.2 Å². The Morgan fingerprint density at radius 1 is 1.07 bits per heavy atom. The molecule has 0 N–H and O–H groups in total. The maximum absolute atomic E-state index is 12.2. The summed E-state index contributed by atoms with van der Waals surface area (Å²) in [6, 6.07) is 10.4. The summed E-state index contributed by atoms with van der Waals surface area (Å²) in [7, 11) is 3.08. The summed E-state index contributed by atoms with van der Waals surface area (Å²) < 4.78 is 21.2. The topological polar surface area (TPSA) is 75.0 Å². The zero-order chi connectivity index (χ0) is 21.0. The number of carbonyl (C=O) groups excluding carboxylic acids is 1. The van der Waals surface area contributed by atoms with Gasteiger partial charge in [0.15, 0.2) is 11.5 Å². The molecule has 0 bridgehead atoms. The first kappa shape index (κ1) is 20.2. The fraction of sp³-hybridized carbons (Fsp3) is 0.217. The third-order valence-electron chi connectivity index (χ3n) is 4.65. The van der Waals surface area contributed by atoms with E-state index in [2.05, 4.69) is 0 Å². The average molecular weight is 394 g/mol. The molecule has 0 aliphatic rings. The van der Waals surface area contributed by atoms with Crippen LogP contribution in [0.25, 0.3) is 17.0 Å². The molecule has 3 rings (SSSR count). The van der Waals surface area contributed by atoms with Crippen molar-refractivity contribution in [2.45, 2.75) is 20.5 Å². The van der Waals surface area contributed by atoms with Gasteiger partial charge in [0.25, 0.3) is 0 Å². The molecule has 29 heavy (non-hydrogen) atoms. The fourth-order valence-corrected chi connectivity index (χ4v) is 3.00. The lowest BCUT2D eigenvalue weighted by Crippen LogP contribution is -2.06. The fourth-order valence-electron chi connectivity index (χ4n) is 3.00. The summed E-state index contributed by atoms with van der Waals surface area (Å²) in [5.74, 6) is 0.549. The number of ether oxygens (including phenoxy) is 3. The van der Waals surface area contributed by atoms with Crippen LogP contribution in [0.2, 0.25) is 0 Å². The smallest absolute Gasteiger partial charge is 0.336 e. The lowest BCUT2D eigenvalue weighted by Gasteiger charge is -2.10. The van der Waals surface area contributed by atoms with Crippen molar-refractivity contribution in [1.82, 2.24) is 0 Å². The van der Waals surface area contributed by atoms with Crippen LogP contribution in [0.3, 0.4) is 0 Å². The molecule has 0 aliphatic carbocycles. The Labute approximate surface area is 168 Å². The first-order valence-electron chi connectivity index (χ1n) is 9.02. The molecular weight excluding hydrogens is 372 g/mol. The number of esters is 1. The molecule has 1 aromatic heterocycles. The Hall–Kier alpha value is -3.54. The van der Waals surface area contributed by atoms with Crippen molar-refractivity contribution in [3.63, 3.8) is 0 Å². The second kappa shape index (κ2) is 8.65. The molecule has 0 radical (unpaired) electrons. The van der Waals surface area contributed by atoms with E-state index in [0.29, 0.717) is 28.2 Å². The number of carbonyl (C=O) groups is 1. The standard InChI is InChI=1S/C23H22O6/c1-14-10-18-17(12-22(25)29-20(18)11-15(14)2)13-28-21(24)9-8-16-6-5-7-19(26-3)23(16)27-4/h5-12H,13H2,1-4H3/b9-8+. The van der Waals surface area contributed by atoms with Crippen molar-refractivity contribution >= 4 is 23.0 Å². The van der Waals surface area contributed by atoms with Gasteiger partial charge in [0.2, 0.25) is 0 Å². The Morgan fingerprint density at radius 3 is 2.55 bits per heavy atom. The van der Waals surface area contributed by atoms with E-state index < -0.39 is 11.6 Å². The van der Waals surface area contributed by atoms with Crippen LogP contribution in [0.15, 0.2) is 51.7 Å². The minimum Gasteiger partial charge on any atom is -0.493 e. The Kier molecular flexibility index (Phi) is 6.02. The van der Waals surface area contributed by atoms with Gasteiger partial charge in [-0.25, -0.2) is 9.59 Å². The van der Waals surface area contributed by atoms with Crippen molar-refractivity contribution in [3.05, 3.63) is 75.1 Å². The van der Waals surface area contributed by atoms with E-state index in [9.17, 15) is 9.59 Å². The lowest BCUT2D eigenvalue weighted by atomic mass is 10.0. The molecule has 1 heterocycles. The summed E-state index contributed by atoms with van der Waals surface area (Å²) in [5.41, 5.74) is 3.35. The molecule has 0 saturated heterocycles. The number of fused-ring (bicyclic) bond motifs is 1. The molecule has 0 saturated carbocycles. The maximum Gasteiger partial charge on any atom is 0.336 e. The monoisotopic (exact) mass is 394 g/mol. The summed E-state index contributed by atoms with van der Waals surface area (Å²) in [4.78, 5) is 24.0. The van der Waals surface area contributed by atoms with Crippen molar-refractivity contribution in [1.29, 1.82) is 0 Å². The molecule has 6 heteroatoms. The first-order chi connectivity index (χ1) is 13.9. The van der Waals surface area contributed by atoms with Crippen LogP contribution in [0.1, 0.15) is 22.3 Å². The van der Waals surface area contributed by atoms with Crippen LogP contribution in [-0.4, -0.2) is 20.2 Å². The molecule has 0 amide bonds. The molecule has 3 aromatic rings. The number of methoxy groups -OCH3 is 2. The minimum atomic E-state index is -0.542. The lowest BCUT2D eigenvalue weighted by molar-refractivity contribution is -0.138. The van der Waals surface area contributed by atoms with E-state index in [-0.39, 0.29) is 6.61 Å². The maximum atomic E-state index is 12.2. The molecule has 6 nitrogen and oxygen atoms in total. The summed E-state index contributed by atoms with van der Waals surface area (Å²) >= 11 is 0. The van der Waals surface area contributed by atoms with Crippen LogP contribution in [0.5, 0.6) is 11.5 Å². The van der Waals surface area contributed by atoms with Gasteiger partial charge < -0.3 is 18.6 Å². The largest absolute Gasteiger partial charge is 0.493 e. The van der Waals surface area contributed by atoms with E-state index in [4.69, 9.17) is 18.6 Å². The Balaban J connectivity index is 1.79. The SMILES string of the molecule is COc1cccc(/C=C/C(=O)OCc2cc(=O)oc3cc(C)c(C)cc23)c1OC. The molecule has 2 aromatic carbocycles. The predicted molar refractivity (Wildman–Crippen MR) is 110 cm³/mol. The minimum absolute atomic E-state index is 0.0387. The second-order valence-electron chi connectivity index (χ2n) is 6.55. The molecule has 0 spiro atoms. The number of aryl methyl sites for hydroxylation is 2. The second-order valence-corrected chi connectivity index (χ2v) is 6.55. The van der Waals surface area contributed by atoms with E-state index in [1.54, 1.807) is 31.4 Å². The summed E-state index contributed by atoms with van der Waals surface area (Å²) in [6.45, 7) is 3.88. The third kappa shape index (κ3) is 4.48. The number of para-hydroxylation sites is 1. The van der Waals surface area contributed by atoms with Gasteiger partial charge in [-0.05, 0) is 49.2 Å². The number of hydrogen-bond acceptors (Lipinski definition) is 6. The van der Waals surface area contributed by atoms with Gasteiger partial charge in [0.1, 0.15) is 12.2 Å². The number of hydrogen-bond donors (Lipinski definition) is 0. The molecule has 0 aliphatic heterocycles. The molecule has 0 fully saturated rings. The van der Waals surface area contributed by atoms with Crippen LogP contribution < -0.4 is 15.1 Å². The average Bonchev–Trinajstić information content (AvgIpc) is 2.71. The highest BCUT2D eigenvalue weighted by Gasteiger charge is 2.11. The van der Waals surface area contributed by atoms with Crippen molar-refractivity contribution < 1.29 is 23.4 Å². The van der Waals surface area contributed by atoms with E-state index in [1.807, 2.05) is 26.0 Å². The normalized spacial score (nSPS) is 11.0. The molecule has 0 atom stereocenters. The Morgan fingerprint density at radius 2 is 1.83 bits per heavy atom. The highest BCUT2D eigenvalue weighted by Crippen LogP contribution is 2.31. The van der Waals surface area contributed by atoms with Gasteiger partial charge in [0, 0.05) is 28.7 Å². The molecular formula is C23H22O6. The Bertz CT molecular complexity index is 1140. The van der Waals surface area contributed by atoms with E-state index in [0.717, 1.165) is 16.5 Å². The van der Waals surface area contributed by atoms with E-state index in [1.165, 1.54) is 19.3 Å². The predicted octanol–water partition coefficient (Wildman–Crippen LogP) is 4.18. The van der Waals surface area contributed by atoms with Gasteiger partial charge in [0.05, 0.1) is 14.2 Å². The zero-order valence-electron chi connectivity index (χ0n) is 16.8. The van der Waals surface area contributed by atoms with Gasteiger partial charge in [-0.3, -0.25) is 0 Å². The summed E-state index contributed by atoms with van der Waals surface area (Å²) in [6.07, 6.45) is 2.90. The third-order valence-corrected chi connectivity index (χ3v) is 4.65. The van der Waals surface area contributed by atoms with Crippen LogP contribution in [-0.2, 0) is 16.1 Å². The van der Waals surface area contributed by atoms with Crippen LogP contribution in [0.4, 0.5) is 0 Å². The highest BCUT2D eigenvalue weighted by molar-refractivity contribution is 5.88. The van der Waals surface area contributed by atoms with Crippen LogP contribution >= 0.6 is 0 Å².